The molecule has 1 aliphatic rings. The fourth-order valence-electron chi connectivity index (χ4n) is 4.06. The Hall–Kier alpha value is -3.73. The van der Waals surface area contributed by atoms with Gasteiger partial charge in [0.2, 0.25) is 0 Å². The van der Waals surface area contributed by atoms with Crippen LogP contribution in [0.1, 0.15) is 16.8 Å². The Bertz CT molecular complexity index is 1500. The van der Waals surface area contributed by atoms with Crippen molar-refractivity contribution < 1.29 is 13.7 Å². The van der Waals surface area contributed by atoms with Gasteiger partial charge in [0.1, 0.15) is 5.75 Å². The van der Waals surface area contributed by atoms with Gasteiger partial charge in [-0.25, -0.2) is 14.2 Å². The van der Waals surface area contributed by atoms with Crippen LogP contribution in [0.15, 0.2) is 71.6 Å². The summed E-state index contributed by atoms with van der Waals surface area (Å²) in [7, 11) is -0.172. The van der Waals surface area contributed by atoms with E-state index in [1.807, 2.05) is 24.3 Å². The molecular formula is C26H25ClN6O3S. The molecule has 5 rings (SSSR count). The molecule has 37 heavy (non-hydrogen) atoms. The lowest BCUT2D eigenvalue weighted by molar-refractivity contribution is 0.0790. The zero-order valence-corrected chi connectivity index (χ0v) is 21.6. The number of hydrogen-bond acceptors (Lipinski definition) is 7. The van der Waals surface area contributed by atoms with Gasteiger partial charge in [-0.1, -0.05) is 29.8 Å². The molecule has 2 atom stereocenters. The molecule has 190 valence electrons. The van der Waals surface area contributed by atoms with Crippen molar-refractivity contribution in [2.75, 3.05) is 30.2 Å². The smallest absolute Gasteiger partial charge is 0.253 e. The molecule has 1 amide bonds. The van der Waals surface area contributed by atoms with Gasteiger partial charge in [-0.2, -0.15) is 0 Å². The number of halogens is 1. The number of fused-ring (bicyclic) bond motifs is 1. The molecule has 0 bridgehead atoms. The van der Waals surface area contributed by atoms with Crippen molar-refractivity contribution >= 4 is 56.9 Å². The summed E-state index contributed by atoms with van der Waals surface area (Å²) in [6.07, 6.45) is 0.770. The average Bonchev–Trinajstić information content (AvgIpc) is 3.36. The van der Waals surface area contributed by atoms with Crippen LogP contribution in [-0.4, -0.2) is 51.2 Å². The largest absolute Gasteiger partial charge is 0.497 e. The van der Waals surface area contributed by atoms with Crippen molar-refractivity contribution in [1.29, 1.82) is 0 Å². The second kappa shape index (κ2) is 10.7. The number of nitrogens with zero attached hydrogens (tertiary/aromatic N) is 3. The Morgan fingerprint density at radius 2 is 1.84 bits per heavy atom. The van der Waals surface area contributed by atoms with E-state index in [9.17, 15) is 9.00 Å². The van der Waals surface area contributed by atoms with Crippen LogP contribution in [0.4, 0.5) is 17.3 Å². The normalized spacial score (nSPS) is 16.0. The van der Waals surface area contributed by atoms with E-state index in [4.69, 9.17) is 22.1 Å². The Labute approximate surface area is 221 Å². The van der Waals surface area contributed by atoms with E-state index >= 15 is 0 Å². The number of anilines is 3. The number of likely N-dealkylation sites (tertiary alicyclic amines) is 1. The molecule has 0 radical (unpaired) electrons. The minimum Gasteiger partial charge on any atom is -0.497 e. The quantitative estimate of drug-likeness (QED) is 0.321. The van der Waals surface area contributed by atoms with Gasteiger partial charge >= 0.3 is 0 Å². The topological polar surface area (TPSA) is 122 Å². The molecule has 0 spiro atoms. The second-order valence-corrected chi connectivity index (χ2v) is 10.2. The number of para-hydroxylation sites is 2. The highest BCUT2D eigenvalue weighted by Gasteiger charge is 2.25. The highest BCUT2D eigenvalue weighted by atomic mass is 35.5. The molecule has 11 heteroatoms. The van der Waals surface area contributed by atoms with Crippen molar-refractivity contribution in [2.45, 2.75) is 17.4 Å². The number of nitrogens with two attached hydrogens (primary N) is 1. The van der Waals surface area contributed by atoms with Gasteiger partial charge in [-0.05, 0) is 48.9 Å². The van der Waals surface area contributed by atoms with Crippen LogP contribution < -0.4 is 20.5 Å². The molecule has 2 heterocycles. The van der Waals surface area contributed by atoms with Gasteiger partial charge in [0.25, 0.3) is 5.91 Å². The van der Waals surface area contributed by atoms with E-state index in [-0.39, 0.29) is 17.8 Å². The predicted octanol–water partition coefficient (Wildman–Crippen LogP) is 4.34. The molecule has 1 aromatic heterocycles. The van der Waals surface area contributed by atoms with Gasteiger partial charge in [0.15, 0.2) is 22.6 Å². The van der Waals surface area contributed by atoms with Crippen LogP contribution in [0, 0.1) is 0 Å². The molecule has 0 aliphatic carbocycles. The zero-order valence-electron chi connectivity index (χ0n) is 20.0. The summed E-state index contributed by atoms with van der Waals surface area (Å²) < 4.78 is 21.6. The van der Waals surface area contributed by atoms with E-state index in [0.29, 0.717) is 56.9 Å². The molecule has 2 unspecified atom stereocenters. The number of nitrogens with one attached hydrogen (secondary N) is 2. The van der Waals surface area contributed by atoms with E-state index in [1.165, 1.54) is 0 Å². The Morgan fingerprint density at radius 3 is 2.54 bits per heavy atom. The Morgan fingerprint density at radius 1 is 1.08 bits per heavy atom. The maximum Gasteiger partial charge on any atom is 0.253 e. The van der Waals surface area contributed by atoms with E-state index < -0.39 is 11.0 Å². The number of hydrogen-bond donors (Lipinski definition) is 3. The number of aromatic nitrogens is 2. The van der Waals surface area contributed by atoms with Crippen molar-refractivity contribution in [3.05, 3.63) is 77.3 Å². The molecule has 0 saturated carbocycles. The average molecular weight is 537 g/mol. The van der Waals surface area contributed by atoms with Gasteiger partial charge in [-0.15, -0.1) is 0 Å². The van der Waals surface area contributed by atoms with E-state index in [0.717, 1.165) is 6.42 Å². The van der Waals surface area contributed by atoms with Crippen molar-refractivity contribution in [3.63, 3.8) is 0 Å². The SMILES string of the molecule is COc1ccc(Cl)c(Nc2nc3ccccc3nc2NS(=O)c2cccc(C(=O)N3CCC(N)C3)c2)c1. The summed E-state index contributed by atoms with van der Waals surface area (Å²) in [5.74, 6) is 1.07. The lowest BCUT2D eigenvalue weighted by Gasteiger charge is -2.17. The molecule has 4 aromatic rings. The second-order valence-electron chi connectivity index (χ2n) is 8.58. The van der Waals surface area contributed by atoms with Crippen molar-refractivity contribution in [3.8, 4) is 5.75 Å². The molecule has 1 fully saturated rings. The molecule has 4 N–H and O–H groups in total. The van der Waals surface area contributed by atoms with E-state index in [2.05, 4.69) is 20.0 Å². The summed E-state index contributed by atoms with van der Waals surface area (Å²) in [6.45, 7) is 1.12. The third kappa shape index (κ3) is 5.51. The first kappa shape index (κ1) is 24.9. The van der Waals surface area contributed by atoms with Crippen LogP contribution in [0.5, 0.6) is 5.75 Å². The van der Waals surface area contributed by atoms with Gasteiger partial charge < -0.3 is 20.7 Å². The molecule has 1 saturated heterocycles. The Kier molecular flexibility index (Phi) is 7.22. The first-order valence-electron chi connectivity index (χ1n) is 11.6. The maximum atomic E-state index is 13.4. The first-order valence-corrected chi connectivity index (χ1v) is 13.1. The Balaban J connectivity index is 1.45. The molecule has 1 aliphatic heterocycles. The molecule has 3 aromatic carbocycles. The fourth-order valence-corrected chi connectivity index (χ4v) is 5.10. The van der Waals surface area contributed by atoms with Crippen LogP contribution >= 0.6 is 11.6 Å². The standard InChI is InChI=1S/C26H25ClN6O3S/c1-36-18-9-10-20(27)23(14-18)31-24-25(30-22-8-3-2-7-21(22)29-24)32-37(35)19-6-4-5-16(13-19)26(34)33-12-11-17(28)15-33/h2-10,13-14,17H,11-12,15,28H2,1H3,(H,29,31)(H,30,32). The van der Waals surface area contributed by atoms with Crippen LogP contribution in [0.3, 0.4) is 0 Å². The number of ether oxygens (including phenoxy) is 1. The summed E-state index contributed by atoms with van der Waals surface area (Å²) in [6, 6.07) is 19.3. The zero-order chi connectivity index (χ0) is 25.9. The lowest BCUT2D eigenvalue weighted by Crippen LogP contribution is -2.31. The summed E-state index contributed by atoms with van der Waals surface area (Å²) >= 11 is 6.39. The summed E-state index contributed by atoms with van der Waals surface area (Å²) in [5, 5.41) is 3.63. The van der Waals surface area contributed by atoms with Crippen LogP contribution in [0.25, 0.3) is 11.0 Å². The summed E-state index contributed by atoms with van der Waals surface area (Å²) in [4.78, 5) is 24.4. The number of carbonyl (C=O) groups excluding carboxylic acids is 1. The number of rotatable bonds is 7. The lowest BCUT2D eigenvalue weighted by atomic mass is 10.2. The summed E-state index contributed by atoms with van der Waals surface area (Å²) in [5.41, 5.74) is 8.23. The predicted molar refractivity (Wildman–Crippen MR) is 146 cm³/mol. The molecular weight excluding hydrogens is 512 g/mol. The van der Waals surface area contributed by atoms with Crippen LogP contribution in [0.2, 0.25) is 5.02 Å². The fraction of sp³-hybridized carbons (Fsp3) is 0.192. The van der Waals surface area contributed by atoms with Gasteiger partial charge in [0, 0.05) is 30.8 Å². The number of benzene rings is 3. The molecule has 9 nitrogen and oxygen atoms in total. The van der Waals surface area contributed by atoms with Crippen molar-refractivity contribution in [1.82, 2.24) is 14.9 Å². The number of methoxy groups -OCH3 is 1. The van der Waals surface area contributed by atoms with Crippen LogP contribution in [-0.2, 0) is 11.0 Å². The van der Waals surface area contributed by atoms with E-state index in [1.54, 1.807) is 54.5 Å². The third-order valence-corrected chi connectivity index (χ3v) is 7.38. The van der Waals surface area contributed by atoms with Crippen molar-refractivity contribution in [2.24, 2.45) is 5.73 Å². The third-order valence-electron chi connectivity index (χ3n) is 5.99. The minimum absolute atomic E-state index is 0.0154. The first-order chi connectivity index (χ1) is 17.9. The minimum atomic E-state index is -1.74. The highest BCUT2D eigenvalue weighted by Crippen LogP contribution is 2.32. The van der Waals surface area contributed by atoms with Gasteiger partial charge in [-0.3, -0.25) is 9.52 Å². The maximum absolute atomic E-state index is 13.4. The monoisotopic (exact) mass is 536 g/mol. The van der Waals surface area contributed by atoms with Gasteiger partial charge in [0.05, 0.1) is 33.7 Å². The number of amides is 1. The highest BCUT2D eigenvalue weighted by molar-refractivity contribution is 7.86. The number of carbonyl (C=O) groups is 1.